The molecular weight excluding hydrogens is 236 g/mol. The predicted octanol–water partition coefficient (Wildman–Crippen LogP) is 1.72. The molecule has 0 saturated carbocycles. The van der Waals surface area contributed by atoms with Crippen LogP contribution in [0, 0.1) is 0 Å². The zero-order valence-corrected chi connectivity index (χ0v) is 11.0. The minimum atomic E-state index is -0.0579. The van der Waals surface area contributed by atoms with Crippen LogP contribution in [-0.2, 0) is 4.79 Å². The molecule has 5 heteroatoms. The van der Waals surface area contributed by atoms with Gasteiger partial charge in [-0.1, -0.05) is 0 Å². The van der Waals surface area contributed by atoms with E-state index in [0.717, 1.165) is 11.5 Å². The summed E-state index contributed by atoms with van der Waals surface area (Å²) in [6, 6.07) is 3.66. The van der Waals surface area contributed by atoms with Crippen molar-refractivity contribution in [3.05, 3.63) is 24.5 Å². The van der Waals surface area contributed by atoms with Gasteiger partial charge in [0.15, 0.2) is 0 Å². The molecule has 1 amide bonds. The van der Waals surface area contributed by atoms with Crippen LogP contribution < -0.4 is 10.1 Å². The first kappa shape index (κ1) is 13.8. The van der Waals surface area contributed by atoms with Gasteiger partial charge in [0.1, 0.15) is 11.9 Å². The van der Waals surface area contributed by atoms with Gasteiger partial charge in [-0.25, -0.2) is 0 Å². The highest BCUT2D eigenvalue weighted by molar-refractivity contribution is 7.98. The van der Waals surface area contributed by atoms with E-state index in [0.29, 0.717) is 13.0 Å². The molecular formula is C12H18N2O2S. The number of carbonyl (C=O) groups is 1. The standard InChI is InChI=1S/C12H18N2O2S/c1-10(8-14-12(15)5-7-17-2)16-11-4-3-6-13-9-11/h3-4,6,9-10H,5,7-8H2,1-2H3,(H,14,15). The number of rotatable bonds is 7. The molecule has 1 aromatic rings. The lowest BCUT2D eigenvalue weighted by Crippen LogP contribution is -2.33. The average molecular weight is 254 g/mol. The lowest BCUT2D eigenvalue weighted by atomic mass is 10.3. The molecule has 1 atom stereocenters. The quantitative estimate of drug-likeness (QED) is 0.805. The fourth-order valence-electron chi connectivity index (χ4n) is 1.23. The summed E-state index contributed by atoms with van der Waals surface area (Å²) in [5, 5.41) is 2.84. The van der Waals surface area contributed by atoms with Gasteiger partial charge in [0.2, 0.25) is 5.91 Å². The van der Waals surface area contributed by atoms with Crippen molar-refractivity contribution in [3.63, 3.8) is 0 Å². The number of hydrogen-bond acceptors (Lipinski definition) is 4. The zero-order valence-electron chi connectivity index (χ0n) is 10.2. The van der Waals surface area contributed by atoms with Crippen LogP contribution in [0.25, 0.3) is 0 Å². The topological polar surface area (TPSA) is 51.2 Å². The summed E-state index contributed by atoms with van der Waals surface area (Å²) in [4.78, 5) is 15.3. The molecule has 1 heterocycles. The Kier molecular flexibility index (Phi) is 6.47. The van der Waals surface area contributed by atoms with Gasteiger partial charge in [-0.2, -0.15) is 11.8 Å². The Morgan fingerprint density at radius 2 is 2.47 bits per heavy atom. The lowest BCUT2D eigenvalue weighted by molar-refractivity contribution is -0.121. The monoisotopic (exact) mass is 254 g/mol. The molecule has 0 aliphatic carbocycles. The molecule has 1 aromatic heterocycles. The van der Waals surface area contributed by atoms with Crippen molar-refractivity contribution in [3.8, 4) is 5.75 Å². The van der Waals surface area contributed by atoms with Gasteiger partial charge in [-0.3, -0.25) is 9.78 Å². The van der Waals surface area contributed by atoms with Crippen molar-refractivity contribution < 1.29 is 9.53 Å². The minimum absolute atomic E-state index is 0.0579. The van der Waals surface area contributed by atoms with Gasteiger partial charge < -0.3 is 10.1 Å². The fraction of sp³-hybridized carbons (Fsp3) is 0.500. The predicted molar refractivity (Wildman–Crippen MR) is 70.3 cm³/mol. The van der Waals surface area contributed by atoms with E-state index in [9.17, 15) is 4.79 Å². The van der Waals surface area contributed by atoms with Crippen molar-refractivity contribution in [1.82, 2.24) is 10.3 Å². The van der Waals surface area contributed by atoms with Gasteiger partial charge >= 0.3 is 0 Å². The Morgan fingerprint density at radius 1 is 1.65 bits per heavy atom. The molecule has 1 rings (SSSR count). The van der Waals surface area contributed by atoms with Crippen LogP contribution >= 0.6 is 11.8 Å². The van der Waals surface area contributed by atoms with Crippen molar-refractivity contribution in [2.24, 2.45) is 0 Å². The largest absolute Gasteiger partial charge is 0.487 e. The van der Waals surface area contributed by atoms with Crippen LogP contribution in [-0.4, -0.2) is 35.5 Å². The van der Waals surface area contributed by atoms with Crippen LogP contribution in [0.2, 0.25) is 0 Å². The first-order valence-electron chi connectivity index (χ1n) is 5.54. The van der Waals surface area contributed by atoms with Crippen molar-refractivity contribution >= 4 is 17.7 Å². The molecule has 0 aliphatic heterocycles. The summed E-state index contributed by atoms with van der Waals surface area (Å²) in [6.07, 6.45) is 5.84. The first-order valence-corrected chi connectivity index (χ1v) is 6.94. The van der Waals surface area contributed by atoms with Crippen LogP contribution in [0.3, 0.4) is 0 Å². The van der Waals surface area contributed by atoms with Crippen LogP contribution in [0.15, 0.2) is 24.5 Å². The molecule has 0 radical (unpaired) electrons. The Morgan fingerprint density at radius 3 is 3.12 bits per heavy atom. The Bertz CT molecular complexity index is 333. The molecule has 0 aliphatic rings. The van der Waals surface area contributed by atoms with Gasteiger partial charge in [-0.15, -0.1) is 0 Å². The molecule has 17 heavy (non-hydrogen) atoms. The minimum Gasteiger partial charge on any atom is -0.487 e. The number of nitrogens with zero attached hydrogens (tertiary/aromatic N) is 1. The summed E-state index contributed by atoms with van der Waals surface area (Å²) in [6.45, 7) is 2.43. The second kappa shape index (κ2) is 7.95. The van der Waals surface area contributed by atoms with E-state index >= 15 is 0 Å². The number of hydrogen-bond donors (Lipinski definition) is 1. The third-order valence-electron chi connectivity index (χ3n) is 2.09. The van der Waals surface area contributed by atoms with E-state index in [-0.39, 0.29) is 12.0 Å². The van der Waals surface area contributed by atoms with Gasteiger partial charge in [0, 0.05) is 18.4 Å². The number of aromatic nitrogens is 1. The SMILES string of the molecule is CSCCC(=O)NCC(C)Oc1cccnc1. The summed E-state index contributed by atoms with van der Waals surface area (Å²) >= 11 is 1.67. The van der Waals surface area contributed by atoms with E-state index in [4.69, 9.17) is 4.74 Å². The second-order valence-electron chi connectivity index (χ2n) is 3.66. The summed E-state index contributed by atoms with van der Waals surface area (Å²) in [5.74, 6) is 1.64. The number of nitrogens with one attached hydrogen (secondary N) is 1. The fourth-order valence-corrected chi connectivity index (χ4v) is 1.62. The van der Waals surface area contributed by atoms with Crippen LogP contribution in [0.1, 0.15) is 13.3 Å². The van der Waals surface area contributed by atoms with E-state index in [1.54, 1.807) is 24.2 Å². The molecule has 4 nitrogen and oxygen atoms in total. The van der Waals surface area contributed by atoms with E-state index < -0.39 is 0 Å². The number of pyridine rings is 1. The van der Waals surface area contributed by atoms with Gasteiger partial charge in [0.05, 0.1) is 12.7 Å². The van der Waals surface area contributed by atoms with Crippen molar-refractivity contribution in [2.75, 3.05) is 18.6 Å². The third-order valence-corrected chi connectivity index (χ3v) is 2.70. The Labute approximate surface area is 106 Å². The Hall–Kier alpha value is -1.23. The number of thioether (sulfide) groups is 1. The molecule has 0 saturated heterocycles. The second-order valence-corrected chi connectivity index (χ2v) is 4.65. The van der Waals surface area contributed by atoms with Crippen LogP contribution in [0.5, 0.6) is 5.75 Å². The van der Waals surface area contributed by atoms with Crippen LogP contribution in [0.4, 0.5) is 0 Å². The molecule has 0 spiro atoms. The number of carbonyl (C=O) groups excluding carboxylic acids is 1. The first-order chi connectivity index (χ1) is 8.22. The highest BCUT2D eigenvalue weighted by atomic mass is 32.2. The Balaban J connectivity index is 2.21. The molecule has 0 fully saturated rings. The van der Waals surface area contributed by atoms with Crippen molar-refractivity contribution in [2.45, 2.75) is 19.4 Å². The normalized spacial score (nSPS) is 11.9. The summed E-state index contributed by atoms with van der Waals surface area (Å²) in [7, 11) is 0. The van der Waals surface area contributed by atoms with E-state index in [2.05, 4.69) is 10.3 Å². The average Bonchev–Trinajstić information content (AvgIpc) is 2.35. The third kappa shape index (κ3) is 6.16. The maximum Gasteiger partial charge on any atom is 0.220 e. The zero-order chi connectivity index (χ0) is 12.5. The molecule has 0 bridgehead atoms. The number of ether oxygens (including phenoxy) is 1. The van der Waals surface area contributed by atoms with Crippen molar-refractivity contribution in [1.29, 1.82) is 0 Å². The summed E-state index contributed by atoms with van der Waals surface area (Å²) in [5.41, 5.74) is 0. The highest BCUT2D eigenvalue weighted by Gasteiger charge is 2.06. The number of amides is 1. The van der Waals surface area contributed by atoms with Gasteiger partial charge in [-0.05, 0) is 25.3 Å². The van der Waals surface area contributed by atoms with Gasteiger partial charge in [0.25, 0.3) is 0 Å². The smallest absolute Gasteiger partial charge is 0.220 e. The summed E-state index contributed by atoms with van der Waals surface area (Å²) < 4.78 is 5.59. The van der Waals surface area contributed by atoms with E-state index in [1.165, 1.54) is 0 Å². The molecule has 1 N–H and O–H groups in total. The highest BCUT2D eigenvalue weighted by Crippen LogP contribution is 2.08. The molecule has 94 valence electrons. The maximum absolute atomic E-state index is 11.4. The molecule has 0 aromatic carbocycles. The lowest BCUT2D eigenvalue weighted by Gasteiger charge is -2.14. The molecule has 1 unspecified atom stereocenters. The van der Waals surface area contributed by atoms with E-state index in [1.807, 2.05) is 25.3 Å². The maximum atomic E-state index is 11.4.